The molecule has 154 valence electrons. The number of anilines is 2. The molecule has 1 heterocycles. The highest BCUT2D eigenvalue weighted by atomic mass is 79.9. The average molecular weight is 488 g/mol. The van der Waals surface area contributed by atoms with Crippen LogP contribution in [0.5, 0.6) is 5.75 Å². The van der Waals surface area contributed by atoms with Gasteiger partial charge in [-0.3, -0.25) is 9.59 Å². The molecular weight excluding hydrogens is 470 g/mol. The number of benzene rings is 2. The molecule has 5 nitrogen and oxygen atoms in total. The fourth-order valence-corrected chi connectivity index (χ4v) is 4.47. The SMILES string of the molecule is CC(=O)N1CC(C)(C)c2c(Br)cc(C(=O)Nc3ccc(OC(F)(F)Cl)cc3)cc21. The normalized spacial score (nSPS) is 15.1. The minimum Gasteiger partial charge on any atom is -0.420 e. The van der Waals surface area contributed by atoms with Crippen LogP contribution in [0.3, 0.4) is 0 Å². The Labute approximate surface area is 180 Å². The van der Waals surface area contributed by atoms with E-state index >= 15 is 0 Å². The van der Waals surface area contributed by atoms with Crippen LogP contribution in [0.1, 0.15) is 36.7 Å². The van der Waals surface area contributed by atoms with Crippen molar-refractivity contribution in [2.45, 2.75) is 31.8 Å². The molecule has 2 aromatic rings. The number of carbonyl (C=O) groups is 2. The van der Waals surface area contributed by atoms with Crippen molar-refractivity contribution in [2.24, 2.45) is 0 Å². The quantitative estimate of drug-likeness (QED) is 0.578. The lowest BCUT2D eigenvalue weighted by Gasteiger charge is -2.20. The lowest BCUT2D eigenvalue weighted by Crippen LogP contribution is -2.32. The van der Waals surface area contributed by atoms with Crippen LogP contribution in [0.25, 0.3) is 0 Å². The molecule has 9 heteroatoms. The van der Waals surface area contributed by atoms with Crippen LogP contribution in [0.15, 0.2) is 40.9 Å². The summed E-state index contributed by atoms with van der Waals surface area (Å²) in [5, 5.41) is 2.69. The topological polar surface area (TPSA) is 58.6 Å². The first-order chi connectivity index (χ1) is 13.4. The van der Waals surface area contributed by atoms with E-state index in [1.54, 1.807) is 17.0 Å². The minimum absolute atomic E-state index is 0.104. The molecule has 0 atom stereocenters. The third-order valence-corrected chi connectivity index (χ3v) is 5.28. The van der Waals surface area contributed by atoms with Gasteiger partial charge in [0.1, 0.15) is 5.75 Å². The van der Waals surface area contributed by atoms with Gasteiger partial charge < -0.3 is 15.0 Å². The van der Waals surface area contributed by atoms with E-state index in [0.29, 0.717) is 23.5 Å². The summed E-state index contributed by atoms with van der Waals surface area (Å²) in [6, 6.07) is 8.75. The Kier molecular flexibility index (Phi) is 5.62. The zero-order chi connectivity index (χ0) is 21.6. The average Bonchev–Trinajstić information content (AvgIpc) is 2.87. The highest BCUT2D eigenvalue weighted by Crippen LogP contribution is 2.45. The summed E-state index contributed by atoms with van der Waals surface area (Å²) in [5.41, 5.74) is -1.66. The zero-order valence-corrected chi connectivity index (χ0v) is 18.2. The number of halogens is 4. The maximum absolute atomic E-state index is 12.7. The first-order valence-corrected chi connectivity index (χ1v) is 9.84. The summed E-state index contributed by atoms with van der Waals surface area (Å²) in [7, 11) is 0. The van der Waals surface area contributed by atoms with Gasteiger partial charge in [0, 0.05) is 51.9 Å². The molecule has 0 spiro atoms. The standard InChI is InChI=1S/C20H18BrClF2N2O3/c1-11(27)26-10-19(2,3)17-15(21)8-12(9-16(17)26)18(28)25-13-4-6-14(7-5-13)29-20(22,23)24/h4-9H,10H2,1-3H3,(H,25,28). The van der Waals surface area contributed by atoms with Crippen LogP contribution in [0, 0.1) is 0 Å². The van der Waals surface area contributed by atoms with Crippen molar-refractivity contribution in [1.82, 2.24) is 0 Å². The van der Waals surface area contributed by atoms with E-state index in [2.05, 4.69) is 26.0 Å². The van der Waals surface area contributed by atoms with E-state index in [-0.39, 0.29) is 17.1 Å². The van der Waals surface area contributed by atoms with Crippen molar-refractivity contribution < 1.29 is 23.1 Å². The summed E-state index contributed by atoms with van der Waals surface area (Å²) < 4.78 is 30.3. The third kappa shape index (κ3) is 4.70. The van der Waals surface area contributed by atoms with Crippen LogP contribution >= 0.6 is 27.5 Å². The van der Waals surface area contributed by atoms with Gasteiger partial charge in [0.15, 0.2) is 0 Å². The lowest BCUT2D eigenvalue weighted by molar-refractivity contribution is -0.116. The molecule has 1 aliphatic rings. The second kappa shape index (κ2) is 7.57. The van der Waals surface area contributed by atoms with Crippen LogP contribution in [0.2, 0.25) is 0 Å². The van der Waals surface area contributed by atoms with Crippen molar-refractivity contribution >= 4 is 50.7 Å². The smallest absolute Gasteiger partial charge is 0.420 e. The fraction of sp³-hybridized carbons (Fsp3) is 0.300. The number of rotatable bonds is 4. The van der Waals surface area contributed by atoms with E-state index in [1.165, 1.54) is 31.2 Å². The molecule has 0 fully saturated rings. The Morgan fingerprint density at radius 1 is 1.24 bits per heavy atom. The Balaban J connectivity index is 1.85. The van der Waals surface area contributed by atoms with Gasteiger partial charge in [-0.1, -0.05) is 29.8 Å². The van der Waals surface area contributed by atoms with Gasteiger partial charge in [0.2, 0.25) is 5.91 Å². The molecule has 0 saturated heterocycles. The van der Waals surface area contributed by atoms with Crippen LogP contribution in [-0.4, -0.2) is 23.9 Å². The van der Waals surface area contributed by atoms with Crippen LogP contribution in [-0.2, 0) is 10.2 Å². The number of amides is 2. The first kappa shape index (κ1) is 21.5. The van der Waals surface area contributed by atoms with Crippen molar-refractivity contribution in [3.63, 3.8) is 0 Å². The highest BCUT2D eigenvalue weighted by Gasteiger charge is 2.39. The summed E-state index contributed by atoms with van der Waals surface area (Å²) in [6.07, 6.45) is 0. The van der Waals surface area contributed by atoms with Crippen molar-refractivity contribution in [3.05, 3.63) is 52.0 Å². The van der Waals surface area contributed by atoms with Gasteiger partial charge >= 0.3 is 5.57 Å². The number of hydrogen-bond donors (Lipinski definition) is 1. The monoisotopic (exact) mass is 486 g/mol. The molecule has 0 unspecified atom stereocenters. The van der Waals surface area contributed by atoms with Crippen molar-refractivity contribution in [3.8, 4) is 5.75 Å². The summed E-state index contributed by atoms with van der Waals surface area (Å²) in [4.78, 5) is 26.4. The number of carbonyl (C=O) groups excluding carboxylic acids is 2. The van der Waals surface area contributed by atoms with E-state index in [0.717, 1.165) is 10.0 Å². The third-order valence-electron chi connectivity index (χ3n) is 4.58. The Bertz CT molecular complexity index is 975. The van der Waals surface area contributed by atoms with E-state index < -0.39 is 11.5 Å². The summed E-state index contributed by atoms with van der Waals surface area (Å²) in [5.74, 6) is -0.645. The minimum atomic E-state index is -3.81. The number of alkyl halides is 3. The van der Waals surface area contributed by atoms with E-state index in [1.807, 2.05) is 13.8 Å². The molecule has 0 bridgehead atoms. The Hall–Kier alpha value is -2.19. The zero-order valence-electron chi connectivity index (χ0n) is 15.9. The first-order valence-electron chi connectivity index (χ1n) is 8.67. The van der Waals surface area contributed by atoms with E-state index in [4.69, 9.17) is 11.6 Å². The van der Waals surface area contributed by atoms with Gasteiger partial charge in [0.25, 0.3) is 5.91 Å². The van der Waals surface area contributed by atoms with Gasteiger partial charge in [-0.25, -0.2) is 0 Å². The fourth-order valence-electron chi connectivity index (χ4n) is 3.39. The van der Waals surface area contributed by atoms with Crippen molar-refractivity contribution in [1.29, 1.82) is 0 Å². The van der Waals surface area contributed by atoms with Gasteiger partial charge in [-0.05, 0) is 42.0 Å². The number of nitrogens with zero attached hydrogens (tertiary/aromatic N) is 1. The number of ether oxygens (including phenoxy) is 1. The van der Waals surface area contributed by atoms with Crippen molar-refractivity contribution in [2.75, 3.05) is 16.8 Å². The van der Waals surface area contributed by atoms with Crippen LogP contribution in [0.4, 0.5) is 20.2 Å². The van der Waals surface area contributed by atoms with Crippen LogP contribution < -0.4 is 15.0 Å². The number of fused-ring (bicyclic) bond motifs is 1. The molecule has 2 aromatic carbocycles. The molecule has 2 amide bonds. The highest BCUT2D eigenvalue weighted by molar-refractivity contribution is 9.10. The molecule has 29 heavy (non-hydrogen) atoms. The largest absolute Gasteiger partial charge is 0.487 e. The van der Waals surface area contributed by atoms with E-state index in [9.17, 15) is 18.4 Å². The predicted octanol–water partition coefficient (Wildman–Crippen LogP) is 5.51. The van der Waals surface area contributed by atoms with Gasteiger partial charge in [0.05, 0.1) is 0 Å². The molecule has 0 radical (unpaired) electrons. The molecule has 0 aliphatic carbocycles. The molecular formula is C20H18BrClF2N2O3. The second-order valence-corrected chi connectivity index (χ2v) is 8.66. The predicted molar refractivity (Wildman–Crippen MR) is 111 cm³/mol. The van der Waals surface area contributed by atoms with Gasteiger partial charge in [-0.2, -0.15) is 0 Å². The Morgan fingerprint density at radius 2 is 1.86 bits per heavy atom. The summed E-state index contributed by atoms with van der Waals surface area (Å²) >= 11 is 8.25. The lowest BCUT2D eigenvalue weighted by atomic mass is 9.86. The Morgan fingerprint density at radius 3 is 2.41 bits per heavy atom. The maximum Gasteiger partial charge on any atom is 0.487 e. The molecule has 0 saturated carbocycles. The molecule has 1 N–H and O–H groups in total. The molecule has 1 aliphatic heterocycles. The summed E-state index contributed by atoms with van der Waals surface area (Å²) in [6.45, 7) is 6.08. The molecule has 3 rings (SSSR count). The second-order valence-electron chi connectivity index (χ2n) is 7.37. The number of nitrogens with one attached hydrogen (secondary N) is 1. The maximum atomic E-state index is 12.7. The van der Waals surface area contributed by atoms with Gasteiger partial charge in [-0.15, -0.1) is 8.78 Å². The number of hydrogen-bond acceptors (Lipinski definition) is 3. The molecule has 0 aromatic heterocycles.